The molecule has 1 unspecified atom stereocenters. The molecule has 2 aromatic rings. The maximum Gasteiger partial charge on any atom is 0.243 e. The normalized spacial score (nSPS) is 18.1. The van der Waals surface area contributed by atoms with Crippen molar-refractivity contribution >= 4 is 16.1 Å². The summed E-state index contributed by atoms with van der Waals surface area (Å²) in [4.78, 5) is 0.375. The van der Waals surface area contributed by atoms with Gasteiger partial charge in [-0.2, -0.15) is 4.31 Å². The van der Waals surface area contributed by atoms with E-state index in [4.69, 9.17) is 0 Å². The molecule has 1 atom stereocenters. The molecule has 4 heteroatoms. The molecule has 1 saturated heterocycles. The number of nitrogens with zero attached hydrogens (tertiary/aromatic N) is 1. The molecule has 27 heavy (non-hydrogen) atoms. The number of hydrogen-bond donors (Lipinski definition) is 0. The minimum atomic E-state index is -3.50. The summed E-state index contributed by atoms with van der Waals surface area (Å²) in [6.45, 7) is 6.64. The second kappa shape index (κ2) is 8.24. The van der Waals surface area contributed by atoms with Crippen LogP contribution >= 0.6 is 0 Å². The topological polar surface area (TPSA) is 37.4 Å². The van der Waals surface area contributed by atoms with Crippen molar-refractivity contribution < 1.29 is 8.42 Å². The van der Waals surface area contributed by atoms with Crippen molar-refractivity contribution in [1.29, 1.82) is 0 Å². The fraction of sp³-hybridized carbons (Fsp3) is 0.304. The van der Waals surface area contributed by atoms with E-state index in [9.17, 15) is 8.42 Å². The lowest BCUT2D eigenvalue weighted by Crippen LogP contribution is -2.36. The molecule has 0 spiro atoms. The summed E-state index contributed by atoms with van der Waals surface area (Å²) in [5.41, 5.74) is 4.41. The average molecular weight is 382 g/mol. The molecule has 0 N–H and O–H groups in total. The molecule has 1 aliphatic heterocycles. The molecule has 2 aromatic carbocycles. The molecule has 3 nitrogen and oxygen atoms in total. The van der Waals surface area contributed by atoms with Gasteiger partial charge in [-0.1, -0.05) is 65.8 Å². The number of benzene rings is 2. The molecule has 3 rings (SSSR count). The Balaban J connectivity index is 1.92. The smallest absolute Gasteiger partial charge is 0.207 e. The standard InChI is InChI=1S/C23H27NO2S/c1-18(2)22(16-13-20-8-5-4-6-9-20)23-10-7-17-24(23)27(25,26)21-14-11-19(3)12-15-21/h4-6,8-9,11-16,23H,7,10,17H2,1-3H3/b16-13+. The van der Waals surface area contributed by atoms with E-state index < -0.39 is 10.0 Å². The van der Waals surface area contributed by atoms with Crippen molar-refractivity contribution in [2.45, 2.75) is 44.6 Å². The lowest BCUT2D eigenvalue weighted by Gasteiger charge is -2.26. The van der Waals surface area contributed by atoms with E-state index in [2.05, 4.69) is 38.1 Å². The molecule has 142 valence electrons. The zero-order valence-corrected chi connectivity index (χ0v) is 17.0. The van der Waals surface area contributed by atoms with Gasteiger partial charge in [0.1, 0.15) is 0 Å². The van der Waals surface area contributed by atoms with E-state index in [1.54, 1.807) is 16.4 Å². The molecule has 0 aromatic heterocycles. The summed E-state index contributed by atoms with van der Waals surface area (Å²) in [5, 5.41) is 0. The number of sulfonamides is 1. The second-order valence-electron chi connectivity index (χ2n) is 7.29. The molecule has 1 heterocycles. The van der Waals surface area contributed by atoms with Crippen LogP contribution in [0.2, 0.25) is 0 Å². The Kier molecular flexibility index (Phi) is 5.98. The monoisotopic (exact) mass is 381 g/mol. The molecule has 1 fully saturated rings. The largest absolute Gasteiger partial charge is 0.243 e. The summed E-state index contributed by atoms with van der Waals surface area (Å²) in [6.07, 6.45) is 5.88. The van der Waals surface area contributed by atoms with E-state index in [0.29, 0.717) is 11.4 Å². The molecular weight excluding hydrogens is 354 g/mol. The van der Waals surface area contributed by atoms with Crippen LogP contribution in [0.15, 0.2) is 76.7 Å². The van der Waals surface area contributed by atoms with Crippen LogP contribution in [0.4, 0.5) is 0 Å². The van der Waals surface area contributed by atoms with Crippen LogP contribution in [0.25, 0.3) is 6.08 Å². The molecule has 0 radical (unpaired) electrons. The van der Waals surface area contributed by atoms with Gasteiger partial charge in [0.15, 0.2) is 0 Å². The van der Waals surface area contributed by atoms with Crippen LogP contribution in [0.5, 0.6) is 0 Å². The highest BCUT2D eigenvalue weighted by Crippen LogP contribution is 2.32. The van der Waals surface area contributed by atoms with Gasteiger partial charge in [-0.3, -0.25) is 0 Å². The lowest BCUT2D eigenvalue weighted by atomic mass is 9.99. The van der Waals surface area contributed by atoms with E-state index >= 15 is 0 Å². The van der Waals surface area contributed by atoms with Crippen LogP contribution in [-0.4, -0.2) is 25.3 Å². The van der Waals surface area contributed by atoms with Gasteiger partial charge >= 0.3 is 0 Å². The van der Waals surface area contributed by atoms with Gasteiger partial charge in [-0.05, 0) is 56.9 Å². The lowest BCUT2D eigenvalue weighted by molar-refractivity contribution is 0.423. The summed E-state index contributed by atoms with van der Waals surface area (Å²) in [7, 11) is -3.50. The zero-order valence-electron chi connectivity index (χ0n) is 16.2. The van der Waals surface area contributed by atoms with Crippen LogP contribution in [0, 0.1) is 6.92 Å². The third-order valence-corrected chi connectivity index (χ3v) is 6.94. The predicted molar refractivity (Wildman–Crippen MR) is 112 cm³/mol. The zero-order chi connectivity index (χ0) is 19.4. The molecule has 0 bridgehead atoms. The van der Waals surface area contributed by atoms with Gasteiger partial charge in [0.05, 0.1) is 10.9 Å². The Morgan fingerprint density at radius 2 is 1.70 bits per heavy atom. The van der Waals surface area contributed by atoms with Gasteiger partial charge in [-0.25, -0.2) is 8.42 Å². The van der Waals surface area contributed by atoms with Crippen molar-refractivity contribution in [2.24, 2.45) is 0 Å². The fourth-order valence-electron chi connectivity index (χ4n) is 3.55. The van der Waals surface area contributed by atoms with Crippen LogP contribution in [0.1, 0.15) is 37.8 Å². The summed E-state index contributed by atoms with van der Waals surface area (Å²) < 4.78 is 28.1. The third kappa shape index (κ3) is 4.40. The second-order valence-corrected chi connectivity index (χ2v) is 9.18. The first kappa shape index (κ1) is 19.6. The number of aryl methyl sites for hydroxylation is 1. The summed E-state index contributed by atoms with van der Waals surface area (Å²) in [6, 6.07) is 17.1. The quantitative estimate of drug-likeness (QED) is 0.668. The minimum Gasteiger partial charge on any atom is -0.207 e. The molecule has 0 aliphatic carbocycles. The van der Waals surface area contributed by atoms with E-state index in [0.717, 1.165) is 35.1 Å². The maximum atomic E-state index is 13.2. The Labute approximate surface area is 163 Å². The van der Waals surface area contributed by atoms with Gasteiger partial charge in [-0.15, -0.1) is 0 Å². The van der Waals surface area contributed by atoms with E-state index in [-0.39, 0.29) is 6.04 Å². The van der Waals surface area contributed by atoms with Crippen LogP contribution in [0.3, 0.4) is 0 Å². The van der Waals surface area contributed by atoms with Gasteiger partial charge < -0.3 is 0 Å². The fourth-order valence-corrected chi connectivity index (χ4v) is 5.22. The third-order valence-electron chi connectivity index (χ3n) is 5.02. The maximum absolute atomic E-state index is 13.2. The van der Waals surface area contributed by atoms with Gasteiger partial charge in [0, 0.05) is 6.54 Å². The minimum absolute atomic E-state index is 0.110. The predicted octanol–water partition coefficient (Wildman–Crippen LogP) is 5.20. The highest BCUT2D eigenvalue weighted by Gasteiger charge is 2.36. The van der Waals surface area contributed by atoms with Crippen molar-refractivity contribution in [1.82, 2.24) is 4.31 Å². The summed E-state index contributed by atoms with van der Waals surface area (Å²) >= 11 is 0. The van der Waals surface area contributed by atoms with Crippen molar-refractivity contribution in [3.05, 3.63) is 82.9 Å². The number of allylic oxidation sites excluding steroid dienone is 1. The first-order valence-electron chi connectivity index (χ1n) is 9.38. The highest BCUT2D eigenvalue weighted by atomic mass is 32.2. The Hall–Kier alpha value is -2.17. The molecule has 0 amide bonds. The van der Waals surface area contributed by atoms with Crippen molar-refractivity contribution in [3.63, 3.8) is 0 Å². The van der Waals surface area contributed by atoms with Crippen LogP contribution in [-0.2, 0) is 10.0 Å². The molecule has 0 saturated carbocycles. The average Bonchev–Trinajstić information content (AvgIpc) is 3.13. The summed E-state index contributed by atoms with van der Waals surface area (Å²) in [5.74, 6) is 0. The van der Waals surface area contributed by atoms with Gasteiger partial charge in [0.25, 0.3) is 0 Å². The van der Waals surface area contributed by atoms with E-state index in [1.165, 1.54) is 0 Å². The Morgan fingerprint density at radius 3 is 2.33 bits per heavy atom. The highest BCUT2D eigenvalue weighted by molar-refractivity contribution is 7.89. The first-order chi connectivity index (χ1) is 12.9. The molecular formula is C23H27NO2S. The van der Waals surface area contributed by atoms with Crippen molar-refractivity contribution in [3.8, 4) is 0 Å². The first-order valence-corrected chi connectivity index (χ1v) is 10.8. The molecule has 1 aliphatic rings. The Morgan fingerprint density at radius 1 is 1.04 bits per heavy atom. The number of hydrogen-bond acceptors (Lipinski definition) is 2. The Bertz CT molecular complexity index is 938. The SMILES string of the molecule is CC(C)=C(/C=C/c1ccccc1)C1CCCN1S(=O)(=O)c1ccc(C)cc1. The van der Waals surface area contributed by atoms with Crippen molar-refractivity contribution in [2.75, 3.05) is 6.54 Å². The van der Waals surface area contributed by atoms with E-state index in [1.807, 2.05) is 37.3 Å². The number of rotatable bonds is 5. The van der Waals surface area contributed by atoms with Gasteiger partial charge in [0.2, 0.25) is 10.0 Å². The van der Waals surface area contributed by atoms with Crippen LogP contribution < -0.4 is 0 Å².